The summed E-state index contributed by atoms with van der Waals surface area (Å²) in [5.74, 6) is -0.214. The zero-order valence-electron chi connectivity index (χ0n) is 14.6. The summed E-state index contributed by atoms with van der Waals surface area (Å²) in [6.07, 6.45) is 0.768. The SMILES string of the molecule is Cc1ccc(C(=O)N(CCc2ccccc2)CCN(C)C)c(=O)[nH]1. The predicted octanol–water partition coefficient (Wildman–Crippen LogP) is 1.93. The molecule has 0 spiro atoms. The van der Waals surface area contributed by atoms with Crippen molar-refractivity contribution < 1.29 is 4.79 Å². The van der Waals surface area contributed by atoms with Crippen molar-refractivity contribution in [3.63, 3.8) is 0 Å². The van der Waals surface area contributed by atoms with Crippen LogP contribution < -0.4 is 5.56 Å². The van der Waals surface area contributed by atoms with E-state index in [9.17, 15) is 9.59 Å². The van der Waals surface area contributed by atoms with E-state index in [1.165, 1.54) is 5.56 Å². The highest BCUT2D eigenvalue weighted by molar-refractivity contribution is 5.93. The fourth-order valence-electron chi connectivity index (χ4n) is 2.46. The fourth-order valence-corrected chi connectivity index (χ4v) is 2.46. The summed E-state index contributed by atoms with van der Waals surface area (Å²) >= 11 is 0. The second kappa shape index (κ2) is 8.45. The van der Waals surface area contributed by atoms with E-state index in [1.807, 2.05) is 49.3 Å². The molecule has 2 rings (SSSR count). The molecule has 1 amide bonds. The Kier molecular flexibility index (Phi) is 6.32. The molecule has 0 fully saturated rings. The molecule has 0 saturated carbocycles. The molecule has 0 saturated heterocycles. The van der Waals surface area contributed by atoms with Crippen LogP contribution in [0.2, 0.25) is 0 Å². The predicted molar refractivity (Wildman–Crippen MR) is 96.4 cm³/mol. The largest absolute Gasteiger partial charge is 0.337 e. The lowest BCUT2D eigenvalue weighted by molar-refractivity contribution is 0.0745. The molecule has 0 radical (unpaired) electrons. The maximum absolute atomic E-state index is 12.8. The van der Waals surface area contributed by atoms with Gasteiger partial charge in [-0.1, -0.05) is 30.3 Å². The number of rotatable bonds is 7. The van der Waals surface area contributed by atoms with Gasteiger partial charge in [0.15, 0.2) is 0 Å². The first-order chi connectivity index (χ1) is 11.5. The average molecular weight is 327 g/mol. The Labute approximate surface area is 142 Å². The molecule has 1 aromatic carbocycles. The molecule has 1 heterocycles. The molecule has 1 N–H and O–H groups in total. The highest BCUT2D eigenvalue weighted by Gasteiger charge is 2.18. The molecule has 0 aliphatic rings. The van der Waals surface area contributed by atoms with Gasteiger partial charge in [0.05, 0.1) is 0 Å². The van der Waals surface area contributed by atoms with Gasteiger partial charge >= 0.3 is 0 Å². The fraction of sp³-hybridized carbons (Fsp3) is 0.368. The molecule has 0 unspecified atom stereocenters. The van der Waals surface area contributed by atoms with E-state index in [0.29, 0.717) is 13.1 Å². The zero-order valence-corrected chi connectivity index (χ0v) is 14.6. The number of aryl methyl sites for hydroxylation is 1. The molecule has 0 aliphatic heterocycles. The third kappa shape index (κ3) is 5.06. The highest BCUT2D eigenvalue weighted by atomic mass is 16.2. The second-order valence-electron chi connectivity index (χ2n) is 6.22. The van der Waals surface area contributed by atoms with E-state index in [2.05, 4.69) is 4.98 Å². The molecule has 0 atom stereocenters. The molecule has 0 bridgehead atoms. The summed E-state index contributed by atoms with van der Waals surface area (Å²) in [5, 5.41) is 0. The van der Waals surface area contributed by atoms with Crippen LogP contribution in [0.5, 0.6) is 0 Å². The maximum Gasteiger partial charge on any atom is 0.260 e. The molecule has 5 heteroatoms. The van der Waals surface area contributed by atoms with Gasteiger partial charge < -0.3 is 14.8 Å². The van der Waals surface area contributed by atoms with E-state index in [1.54, 1.807) is 24.0 Å². The van der Waals surface area contributed by atoms with Crippen LogP contribution in [-0.2, 0) is 6.42 Å². The Morgan fingerprint density at radius 2 is 1.71 bits per heavy atom. The summed E-state index contributed by atoms with van der Waals surface area (Å²) in [5.41, 5.74) is 1.81. The topological polar surface area (TPSA) is 56.4 Å². The van der Waals surface area contributed by atoms with Crippen LogP contribution in [0.4, 0.5) is 0 Å². The molecular formula is C19H25N3O2. The number of benzene rings is 1. The number of aromatic nitrogens is 1. The van der Waals surface area contributed by atoms with Crippen molar-refractivity contribution in [2.24, 2.45) is 0 Å². The third-order valence-electron chi connectivity index (χ3n) is 3.90. The first kappa shape index (κ1) is 17.9. The van der Waals surface area contributed by atoms with Crippen molar-refractivity contribution in [3.05, 3.63) is 69.6 Å². The number of H-pyrrole nitrogens is 1. The van der Waals surface area contributed by atoms with Gasteiger partial charge in [-0.25, -0.2) is 0 Å². The smallest absolute Gasteiger partial charge is 0.260 e. The number of hydrogen-bond donors (Lipinski definition) is 1. The van der Waals surface area contributed by atoms with Gasteiger partial charge in [-0.3, -0.25) is 9.59 Å². The van der Waals surface area contributed by atoms with Crippen LogP contribution >= 0.6 is 0 Å². The van der Waals surface area contributed by atoms with Crippen molar-refractivity contribution in [2.75, 3.05) is 33.7 Å². The normalized spacial score (nSPS) is 10.8. The number of carbonyl (C=O) groups is 1. The summed E-state index contributed by atoms with van der Waals surface area (Å²) in [6, 6.07) is 13.4. The number of hydrogen-bond acceptors (Lipinski definition) is 3. The van der Waals surface area contributed by atoms with Crippen molar-refractivity contribution in [3.8, 4) is 0 Å². The molecule has 2 aromatic rings. The maximum atomic E-state index is 12.8. The van der Waals surface area contributed by atoms with Crippen LogP contribution in [0.15, 0.2) is 47.3 Å². The van der Waals surface area contributed by atoms with Crippen molar-refractivity contribution in [1.82, 2.24) is 14.8 Å². The number of likely N-dealkylation sites (N-methyl/N-ethyl adjacent to an activating group) is 1. The highest BCUT2D eigenvalue weighted by Crippen LogP contribution is 2.06. The van der Waals surface area contributed by atoms with E-state index in [0.717, 1.165) is 18.7 Å². The van der Waals surface area contributed by atoms with Gasteiger partial charge in [-0.05, 0) is 45.1 Å². The first-order valence-corrected chi connectivity index (χ1v) is 8.15. The summed E-state index contributed by atoms with van der Waals surface area (Å²) < 4.78 is 0. The molecular weight excluding hydrogens is 302 g/mol. The van der Waals surface area contributed by atoms with Gasteiger partial charge in [0.25, 0.3) is 11.5 Å². The molecule has 128 valence electrons. The minimum atomic E-state index is -0.324. The Bertz CT molecular complexity index is 723. The van der Waals surface area contributed by atoms with Gasteiger partial charge in [0, 0.05) is 25.3 Å². The van der Waals surface area contributed by atoms with E-state index >= 15 is 0 Å². The van der Waals surface area contributed by atoms with Gasteiger partial charge in [-0.15, -0.1) is 0 Å². The van der Waals surface area contributed by atoms with Crippen molar-refractivity contribution in [2.45, 2.75) is 13.3 Å². The number of amides is 1. The van der Waals surface area contributed by atoms with Gasteiger partial charge in [-0.2, -0.15) is 0 Å². The summed E-state index contributed by atoms with van der Waals surface area (Å²) in [7, 11) is 3.94. The van der Waals surface area contributed by atoms with E-state index in [4.69, 9.17) is 0 Å². The number of aromatic amines is 1. The standard InChI is InChI=1S/C19H25N3O2/c1-15-9-10-17(18(23)20-15)19(24)22(14-13-21(2)3)12-11-16-7-5-4-6-8-16/h4-10H,11-14H2,1-3H3,(H,20,23). The minimum absolute atomic E-state index is 0.201. The van der Waals surface area contributed by atoms with Gasteiger partial charge in [0.2, 0.25) is 0 Å². The van der Waals surface area contributed by atoms with Crippen LogP contribution in [0.3, 0.4) is 0 Å². The monoisotopic (exact) mass is 327 g/mol. The molecule has 0 aliphatic carbocycles. The molecule has 1 aromatic heterocycles. The van der Waals surface area contributed by atoms with Crippen LogP contribution in [0.1, 0.15) is 21.6 Å². The van der Waals surface area contributed by atoms with E-state index in [-0.39, 0.29) is 17.0 Å². The lowest BCUT2D eigenvalue weighted by Gasteiger charge is -2.24. The second-order valence-corrected chi connectivity index (χ2v) is 6.22. The summed E-state index contributed by atoms with van der Waals surface area (Å²) in [4.78, 5) is 31.4. The molecule has 5 nitrogen and oxygen atoms in total. The third-order valence-corrected chi connectivity index (χ3v) is 3.90. The summed E-state index contributed by atoms with van der Waals surface area (Å²) in [6.45, 7) is 3.73. The van der Waals surface area contributed by atoms with E-state index < -0.39 is 0 Å². The number of nitrogens with zero attached hydrogens (tertiary/aromatic N) is 2. The van der Waals surface area contributed by atoms with Crippen molar-refractivity contribution >= 4 is 5.91 Å². The van der Waals surface area contributed by atoms with Gasteiger partial charge in [0.1, 0.15) is 5.56 Å². The van der Waals surface area contributed by atoms with Crippen LogP contribution in [-0.4, -0.2) is 54.4 Å². The number of carbonyl (C=O) groups excluding carboxylic acids is 1. The number of nitrogens with one attached hydrogen (secondary N) is 1. The van der Waals surface area contributed by atoms with Crippen LogP contribution in [0.25, 0.3) is 0 Å². The Morgan fingerprint density at radius 1 is 1.00 bits per heavy atom. The van der Waals surface area contributed by atoms with Crippen molar-refractivity contribution in [1.29, 1.82) is 0 Å². The first-order valence-electron chi connectivity index (χ1n) is 8.15. The Hall–Kier alpha value is -2.40. The van der Waals surface area contributed by atoms with Crippen LogP contribution in [0, 0.1) is 6.92 Å². The lowest BCUT2D eigenvalue weighted by atomic mass is 10.1. The minimum Gasteiger partial charge on any atom is -0.337 e. The lowest BCUT2D eigenvalue weighted by Crippen LogP contribution is -2.40. The Balaban J connectivity index is 2.14. The Morgan fingerprint density at radius 3 is 2.33 bits per heavy atom. The zero-order chi connectivity index (χ0) is 17.5. The quantitative estimate of drug-likeness (QED) is 0.845. The number of pyridine rings is 1. The molecule has 24 heavy (non-hydrogen) atoms. The average Bonchev–Trinajstić information content (AvgIpc) is 2.55.